The number of nitrogens with zero attached hydrogens (tertiary/aromatic N) is 1. The number of benzene rings is 2. The van der Waals surface area contributed by atoms with Crippen LogP contribution in [0.4, 0.5) is 5.69 Å². The van der Waals surface area contributed by atoms with Gasteiger partial charge in [-0.15, -0.1) is 0 Å². The monoisotopic (exact) mass is 375 g/mol. The van der Waals surface area contributed by atoms with Gasteiger partial charge in [0.05, 0.1) is 4.90 Å². The van der Waals surface area contributed by atoms with Gasteiger partial charge in [0, 0.05) is 25.3 Å². The second-order valence-corrected chi connectivity index (χ2v) is 8.28. The first-order valence-corrected chi connectivity index (χ1v) is 10.1. The van der Waals surface area contributed by atoms with Crippen LogP contribution in [0.25, 0.3) is 0 Å². The predicted octanol–water partition coefficient (Wildman–Crippen LogP) is 2.96. The average molecular weight is 376 g/mol. The summed E-state index contributed by atoms with van der Waals surface area (Å²) in [5.74, 6) is 0. The molecular formula is C18H21N3O2S2. The Labute approximate surface area is 154 Å². The Balaban J connectivity index is 1.58. The molecule has 1 heterocycles. The minimum Gasteiger partial charge on any atom is -0.358 e. The maximum atomic E-state index is 12.5. The summed E-state index contributed by atoms with van der Waals surface area (Å²) in [6, 6.07) is 16.7. The number of hydrogen-bond acceptors (Lipinski definition) is 3. The van der Waals surface area contributed by atoms with E-state index in [0.29, 0.717) is 29.6 Å². The smallest absolute Gasteiger partial charge is 0.243 e. The Morgan fingerprint density at radius 3 is 2.28 bits per heavy atom. The summed E-state index contributed by atoms with van der Waals surface area (Å²) < 4.78 is 26.5. The number of anilines is 1. The SMILES string of the molecule is O=S(=O)(c1ccc(NC(=S)NCc2ccccc2)cc1)N1CCCC1. The molecule has 7 heteroatoms. The fourth-order valence-corrected chi connectivity index (χ4v) is 4.45. The summed E-state index contributed by atoms with van der Waals surface area (Å²) in [5.41, 5.74) is 1.89. The number of hydrogen-bond donors (Lipinski definition) is 2. The van der Waals surface area contributed by atoms with Crippen molar-refractivity contribution in [3.63, 3.8) is 0 Å². The molecule has 0 spiro atoms. The molecule has 0 amide bonds. The van der Waals surface area contributed by atoms with Crippen LogP contribution in [0.5, 0.6) is 0 Å². The van der Waals surface area contributed by atoms with E-state index in [4.69, 9.17) is 12.2 Å². The van der Waals surface area contributed by atoms with E-state index in [1.807, 2.05) is 30.3 Å². The molecule has 2 aromatic carbocycles. The van der Waals surface area contributed by atoms with Gasteiger partial charge in [0.2, 0.25) is 10.0 Å². The molecule has 0 saturated carbocycles. The molecule has 1 aliphatic rings. The Hall–Kier alpha value is -1.96. The van der Waals surface area contributed by atoms with Crippen LogP contribution in [0.2, 0.25) is 0 Å². The fourth-order valence-electron chi connectivity index (χ4n) is 2.74. The minimum absolute atomic E-state index is 0.322. The Kier molecular flexibility index (Phi) is 5.67. The van der Waals surface area contributed by atoms with Crippen molar-refractivity contribution in [2.45, 2.75) is 24.3 Å². The van der Waals surface area contributed by atoms with E-state index in [9.17, 15) is 8.42 Å². The third-order valence-corrected chi connectivity index (χ3v) is 6.27. The molecule has 1 aliphatic heterocycles. The standard InChI is InChI=1S/C18H21N3O2S2/c22-25(23,21-12-4-5-13-21)17-10-8-16(9-11-17)20-18(24)19-14-15-6-2-1-3-7-15/h1-3,6-11H,4-5,12-14H2,(H2,19,20,24). The molecule has 0 atom stereocenters. The van der Waals surface area contributed by atoms with Crippen molar-refractivity contribution in [3.8, 4) is 0 Å². The van der Waals surface area contributed by atoms with Crippen LogP contribution in [0.1, 0.15) is 18.4 Å². The van der Waals surface area contributed by atoms with Gasteiger partial charge in [-0.25, -0.2) is 8.42 Å². The van der Waals surface area contributed by atoms with Gasteiger partial charge in [0.15, 0.2) is 5.11 Å². The van der Waals surface area contributed by atoms with E-state index in [1.165, 1.54) is 0 Å². The van der Waals surface area contributed by atoms with Crippen LogP contribution in [0.15, 0.2) is 59.5 Å². The van der Waals surface area contributed by atoms with E-state index >= 15 is 0 Å². The summed E-state index contributed by atoms with van der Waals surface area (Å²) >= 11 is 5.28. The fraction of sp³-hybridized carbons (Fsp3) is 0.278. The maximum absolute atomic E-state index is 12.5. The summed E-state index contributed by atoms with van der Waals surface area (Å²) in [6.45, 7) is 1.85. The molecule has 132 valence electrons. The molecule has 0 unspecified atom stereocenters. The molecular weight excluding hydrogens is 354 g/mol. The lowest BCUT2D eigenvalue weighted by molar-refractivity contribution is 0.477. The van der Waals surface area contributed by atoms with Crippen molar-refractivity contribution >= 4 is 33.0 Å². The molecule has 0 aromatic heterocycles. The molecule has 3 rings (SSSR count). The molecule has 5 nitrogen and oxygen atoms in total. The lowest BCUT2D eigenvalue weighted by Gasteiger charge is -2.16. The van der Waals surface area contributed by atoms with Crippen LogP contribution >= 0.6 is 12.2 Å². The molecule has 1 saturated heterocycles. The second kappa shape index (κ2) is 7.95. The second-order valence-electron chi connectivity index (χ2n) is 5.93. The third kappa shape index (κ3) is 4.56. The minimum atomic E-state index is -3.37. The van der Waals surface area contributed by atoms with Crippen molar-refractivity contribution in [3.05, 3.63) is 60.2 Å². The van der Waals surface area contributed by atoms with Gasteiger partial charge < -0.3 is 10.6 Å². The van der Waals surface area contributed by atoms with Gasteiger partial charge in [0.1, 0.15) is 0 Å². The Morgan fingerprint density at radius 1 is 1.00 bits per heavy atom. The lowest BCUT2D eigenvalue weighted by atomic mass is 10.2. The van der Waals surface area contributed by atoms with Crippen molar-refractivity contribution in [1.29, 1.82) is 0 Å². The normalized spacial score (nSPS) is 15.0. The zero-order chi connectivity index (χ0) is 17.7. The predicted molar refractivity (Wildman–Crippen MR) is 104 cm³/mol. The number of sulfonamides is 1. The van der Waals surface area contributed by atoms with Crippen LogP contribution in [-0.2, 0) is 16.6 Å². The van der Waals surface area contributed by atoms with E-state index in [1.54, 1.807) is 28.6 Å². The average Bonchev–Trinajstić information content (AvgIpc) is 3.17. The topological polar surface area (TPSA) is 61.4 Å². The first-order valence-electron chi connectivity index (χ1n) is 8.25. The van der Waals surface area contributed by atoms with Gasteiger partial charge in [0.25, 0.3) is 0 Å². The summed E-state index contributed by atoms with van der Waals surface area (Å²) in [7, 11) is -3.37. The third-order valence-electron chi connectivity index (χ3n) is 4.11. The zero-order valence-electron chi connectivity index (χ0n) is 13.8. The first kappa shape index (κ1) is 17.8. The molecule has 2 N–H and O–H groups in total. The molecule has 25 heavy (non-hydrogen) atoms. The van der Waals surface area contributed by atoms with E-state index in [2.05, 4.69) is 10.6 Å². The summed E-state index contributed by atoms with van der Waals surface area (Å²) in [6.07, 6.45) is 1.86. The van der Waals surface area contributed by atoms with Crippen molar-refractivity contribution in [2.24, 2.45) is 0 Å². The number of nitrogens with one attached hydrogen (secondary N) is 2. The van der Waals surface area contributed by atoms with Gasteiger partial charge in [-0.3, -0.25) is 0 Å². The highest BCUT2D eigenvalue weighted by Gasteiger charge is 2.26. The van der Waals surface area contributed by atoms with Crippen LogP contribution < -0.4 is 10.6 Å². The number of rotatable bonds is 5. The van der Waals surface area contributed by atoms with Gasteiger partial charge in [-0.1, -0.05) is 30.3 Å². The summed E-state index contributed by atoms with van der Waals surface area (Å²) in [5, 5.41) is 6.70. The van der Waals surface area contributed by atoms with E-state index in [-0.39, 0.29) is 0 Å². The van der Waals surface area contributed by atoms with Crippen molar-refractivity contribution in [1.82, 2.24) is 9.62 Å². The van der Waals surface area contributed by atoms with Gasteiger partial charge in [-0.05, 0) is 54.9 Å². The van der Waals surface area contributed by atoms with Gasteiger partial charge >= 0.3 is 0 Å². The quantitative estimate of drug-likeness (QED) is 0.787. The van der Waals surface area contributed by atoms with Crippen LogP contribution in [-0.4, -0.2) is 30.9 Å². The highest BCUT2D eigenvalue weighted by Crippen LogP contribution is 2.22. The Bertz CT molecular complexity index is 815. The maximum Gasteiger partial charge on any atom is 0.243 e. The first-order chi connectivity index (χ1) is 12.1. The summed E-state index contributed by atoms with van der Waals surface area (Å²) in [4.78, 5) is 0.322. The van der Waals surface area contributed by atoms with Crippen LogP contribution in [0, 0.1) is 0 Å². The molecule has 1 fully saturated rings. The van der Waals surface area contributed by atoms with Crippen molar-refractivity contribution in [2.75, 3.05) is 18.4 Å². The molecule has 2 aromatic rings. The molecule has 0 aliphatic carbocycles. The van der Waals surface area contributed by atoms with E-state index in [0.717, 1.165) is 24.1 Å². The highest BCUT2D eigenvalue weighted by molar-refractivity contribution is 7.89. The van der Waals surface area contributed by atoms with Crippen molar-refractivity contribution < 1.29 is 8.42 Å². The number of thiocarbonyl (C=S) groups is 1. The highest BCUT2D eigenvalue weighted by atomic mass is 32.2. The van der Waals surface area contributed by atoms with Crippen LogP contribution in [0.3, 0.4) is 0 Å². The lowest BCUT2D eigenvalue weighted by Crippen LogP contribution is -2.28. The zero-order valence-corrected chi connectivity index (χ0v) is 15.4. The molecule has 0 bridgehead atoms. The van der Waals surface area contributed by atoms with Gasteiger partial charge in [-0.2, -0.15) is 4.31 Å². The van der Waals surface area contributed by atoms with E-state index < -0.39 is 10.0 Å². The Morgan fingerprint density at radius 2 is 1.64 bits per heavy atom. The molecule has 0 radical (unpaired) electrons. The largest absolute Gasteiger partial charge is 0.358 e.